The highest BCUT2D eigenvalue weighted by Crippen LogP contribution is 2.43. The molecule has 30 heavy (non-hydrogen) atoms. The average Bonchev–Trinajstić information content (AvgIpc) is 2.73. The molecule has 10 nitrogen and oxygen atoms in total. The molecule has 0 saturated carbocycles. The Labute approximate surface area is 178 Å². The van der Waals surface area contributed by atoms with Crippen LogP contribution in [0, 0.1) is 0 Å². The number of phosphoric ester groups is 1. The maximum Gasteiger partial charge on any atom is 0.472 e. The molecule has 0 saturated heterocycles. The molecular formula is C19H37O10P. The second kappa shape index (κ2) is 17.6. The van der Waals surface area contributed by atoms with Crippen LogP contribution >= 0.6 is 7.82 Å². The molecule has 11 heteroatoms. The fraction of sp³-hybridized carbons (Fsp3) is 0.895. The maximum absolute atomic E-state index is 12.0. The minimum atomic E-state index is -4.55. The van der Waals surface area contributed by atoms with Gasteiger partial charge in [0.05, 0.1) is 19.8 Å². The average molecular weight is 456 g/mol. The summed E-state index contributed by atoms with van der Waals surface area (Å²) in [6.07, 6.45) is 5.18. The van der Waals surface area contributed by atoms with E-state index in [1.807, 2.05) is 0 Å². The van der Waals surface area contributed by atoms with Gasteiger partial charge < -0.3 is 24.6 Å². The molecule has 0 aromatic rings. The fourth-order valence-electron chi connectivity index (χ4n) is 2.32. The molecule has 0 aliphatic rings. The summed E-state index contributed by atoms with van der Waals surface area (Å²) in [5.41, 5.74) is 0. The van der Waals surface area contributed by atoms with E-state index < -0.39 is 51.8 Å². The summed E-state index contributed by atoms with van der Waals surface area (Å²) in [6.45, 7) is 1.62. The Bertz CT molecular complexity index is 514. The van der Waals surface area contributed by atoms with Crippen molar-refractivity contribution in [2.75, 3.05) is 26.4 Å². The summed E-state index contributed by atoms with van der Waals surface area (Å²) >= 11 is 0. The Morgan fingerprint density at radius 1 is 0.900 bits per heavy atom. The summed E-state index contributed by atoms with van der Waals surface area (Å²) in [5, 5.41) is 17.9. The number of aliphatic hydroxyl groups is 2. The van der Waals surface area contributed by atoms with Crippen LogP contribution in [0.25, 0.3) is 0 Å². The number of phosphoric acid groups is 1. The zero-order valence-electron chi connectivity index (χ0n) is 18.0. The van der Waals surface area contributed by atoms with Crippen LogP contribution in [0.1, 0.15) is 71.6 Å². The van der Waals surface area contributed by atoms with E-state index in [1.165, 1.54) is 19.3 Å². The third kappa shape index (κ3) is 16.7. The lowest BCUT2D eigenvalue weighted by Crippen LogP contribution is -2.29. The van der Waals surface area contributed by atoms with Crippen molar-refractivity contribution >= 4 is 19.8 Å². The smallest absolute Gasteiger partial charge is 0.462 e. The lowest BCUT2D eigenvalue weighted by atomic mass is 10.1. The van der Waals surface area contributed by atoms with Gasteiger partial charge in [0.25, 0.3) is 0 Å². The zero-order valence-corrected chi connectivity index (χ0v) is 18.9. The molecule has 0 aromatic carbocycles. The number of ether oxygens (including phenoxy) is 2. The molecule has 0 heterocycles. The second-order valence-electron chi connectivity index (χ2n) is 6.92. The van der Waals surface area contributed by atoms with Gasteiger partial charge in [0.2, 0.25) is 0 Å². The predicted molar refractivity (Wildman–Crippen MR) is 109 cm³/mol. The summed E-state index contributed by atoms with van der Waals surface area (Å²) in [5.74, 6) is -1.04. The molecule has 3 N–H and O–H groups in total. The van der Waals surface area contributed by atoms with E-state index in [9.17, 15) is 19.0 Å². The van der Waals surface area contributed by atoms with Gasteiger partial charge in [0, 0.05) is 12.8 Å². The normalized spacial score (nSPS) is 15.2. The topological polar surface area (TPSA) is 149 Å². The van der Waals surface area contributed by atoms with E-state index in [-0.39, 0.29) is 19.4 Å². The van der Waals surface area contributed by atoms with Gasteiger partial charge in [-0.15, -0.1) is 0 Å². The Hall–Kier alpha value is -1.03. The van der Waals surface area contributed by atoms with Gasteiger partial charge in [-0.05, 0) is 6.42 Å². The fourth-order valence-corrected chi connectivity index (χ4v) is 3.11. The van der Waals surface area contributed by atoms with Gasteiger partial charge in [-0.3, -0.25) is 18.6 Å². The van der Waals surface area contributed by atoms with Gasteiger partial charge in [0.15, 0.2) is 6.10 Å². The van der Waals surface area contributed by atoms with Crippen molar-refractivity contribution in [3.8, 4) is 0 Å². The maximum atomic E-state index is 12.0. The monoisotopic (exact) mass is 456 g/mol. The quantitative estimate of drug-likeness (QED) is 0.150. The first-order valence-corrected chi connectivity index (χ1v) is 12.0. The third-order valence-corrected chi connectivity index (χ3v) is 5.02. The van der Waals surface area contributed by atoms with Crippen LogP contribution in [0.2, 0.25) is 0 Å². The van der Waals surface area contributed by atoms with E-state index in [0.717, 1.165) is 19.3 Å². The largest absolute Gasteiger partial charge is 0.472 e. The van der Waals surface area contributed by atoms with E-state index in [2.05, 4.69) is 11.4 Å². The number of carbonyl (C=O) groups is 2. The molecule has 3 atom stereocenters. The van der Waals surface area contributed by atoms with E-state index in [0.29, 0.717) is 6.42 Å². The number of hydrogen-bond acceptors (Lipinski definition) is 9. The molecule has 0 rings (SSSR count). The first kappa shape index (κ1) is 29.0. The van der Waals surface area contributed by atoms with Crippen LogP contribution < -0.4 is 0 Å². The first-order valence-electron chi connectivity index (χ1n) is 10.5. The highest BCUT2D eigenvalue weighted by Gasteiger charge is 2.26. The third-order valence-electron chi connectivity index (χ3n) is 4.07. The molecule has 0 aromatic heterocycles. The van der Waals surface area contributed by atoms with E-state index >= 15 is 0 Å². The van der Waals surface area contributed by atoms with Crippen molar-refractivity contribution in [2.45, 2.75) is 83.8 Å². The molecule has 0 radical (unpaired) electrons. The minimum Gasteiger partial charge on any atom is -0.462 e. The van der Waals surface area contributed by atoms with Crippen LogP contribution in [0.3, 0.4) is 0 Å². The molecule has 3 unspecified atom stereocenters. The highest BCUT2D eigenvalue weighted by atomic mass is 31.2. The SMILES string of the molecule is CCCCCCCCCC(=O)OC(COC(=O)CC)COP(=O)(O)OCC(O)CO. The zero-order chi connectivity index (χ0) is 22.8. The Morgan fingerprint density at radius 2 is 1.50 bits per heavy atom. The van der Waals surface area contributed by atoms with Crippen molar-refractivity contribution in [3.63, 3.8) is 0 Å². The van der Waals surface area contributed by atoms with Crippen LogP contribution in [0.5, 0.6) is 0 Å². The van der Waals surface area contributed by atoms with Gasteiger partial charge >= 0.3 is 19.8 Å². The summed E-state index contributed by atoms with van der Waals surface area (Å²) in [7, 11) is -4.55. The van der Waals surface area contributed by atoms with Crippen molar-refractivity contribution in [2.24, 2.45) is 0 Å². The number of hydrogen-bond donors (Lipinski definition) is 3. The second-order valence-corrected chi connectivity index (χ2v) is 8.37. The van der Waals surface area contributed by atoms with E-state index in [1.54, 1.807) is 6.92 Å². The van der Waals surface area contributed by atoms with Gasteiger partial charge in [-0.25, -0.2) is 4.57 Å². The summed E-state index contributed by atoms with van der Waals surface area (Å²) < 4.78 is 31.3. The number of rotatable bonds is 19. The summed E-state index contributed by atoms with van der Waals surface area (Å²) in [6, 6.07) is 0. The molecule has 0 bridgehead atoms. The molecular weight excluding hydrogens is 419 g/mol. The molecule has 178 valence electrons. The van der Waals surface area contributed by atoms with Crippen molar-refractivity contribution in [3.05, 3.63) is 0 Å². The van der Waals surface area contributed by atoms with Crippen molar-refractivity contribution in [1.82, 2.24) is 0 Å². The number of unbranched alkanes of at least 4 members (excludes halogenated alkanes) is 6. The van der Waals surface area contributed by atoms with Gasteiger partial charge in [-0.1, -0.05) is 52.4 Å². The molecule has 0 aliphatic heterocycles. The van der Waals surface area contributed by atoms with Crippen molar-refractivity contribution in [1.29, 1.82) is 0 Å². The number of esters is 2. The lowest BCUT2D eigenvalue weighted by Gasteiger charge is -2.20. The van der Waals surface area contributed by atoms with Crippen LogP contribution in [-0.4, -0.2) is 65.7 Å². The molecule has 0 spiro atoms. The van der Waals surface area contributed by atoms with Crippen molar-refractivity contribution < 1.29 is 47.8 Å². The number of carbonyl (C=O) groups excluding carboxylic acids is 2. The Morgan fingerprint density at radius 3 is 2.10 bits per heavy atom. The summed E-state index contributed by atoms with van der Waals surface area (Å²) in [4.78, 5) is 33.0. The Balaban J connectivity index is 4.42. The van der Waals surface area contributed by atoms with Crippen LogP contribution in [-0.2, 0) is 32.7 Å². The lowest BCUT2D eigenvalue weighted by molar-refractivity contribution is -0.161. The van der Waals surface area contributed by atoms with Crippen LogP contribution in [0.4, 0.5) is 0 Å². The van der Waals surface area contributed by atoms with E-state index in [4.69, 9.17) is 24.2 Å². The van der Waals surface area contributed by atoms with Gasteiger partial charge in [0.1, 0.15) is 12.7 Å². The van der Waals surface area contributed by atoms with Crippen LogP contribution in [0.15, 0.2) is 0 Å². The number of aliphatic hydroxyl groups excluding tert-OH is 2. The predicted octanol–water partition coefficient (Wildman–Crippen LogP) is 2.48. The molecule has 0 aliphatic carbocycles. The first-order chi connectivity index (χ1) is 14.2. The minimum absolute atomic E-state index is 0.125. The molecule has 0 fully saturated rings. The highest BCUT2D eigenvalue weighted by molar-refractivity contribution is 7.47. The molecule has 0 amide bonds. The van der Waals surface area contributed by atoms with Gasteiger partial charge in [-0.2, -0.15) is 0 Å². The Kier molecular flexibility index (Phi) is 17.0. The standard InChI is InChI=1S/C19H37O10P/c1-3-5-6-7-8-9-10-11-19(23)29-17(14-26-18(22)4-2)15-28-30(24,25)27-13-16(21)12-20/h16-17,20-21H,3-15H2,1-2H3,(H,24,25).